The summed E-state index contributed by atoms with van der Waals surface area (Å²) in [5, 5.41) is 2.80. The molecule has 3 rings (SSSR count). The molecule has 128 valence electrons. The topological polar surface area (TPSA) is 66.5 Å². The predicted molar refractivity (Wildman–Crippen MR) is 99.7 cm³/mol. The SMILES string of the molecule is CC(=O)c1cccc(NC(=O)[C@H]2CC(=O)N(c3ccccc3Br)C2)c1. The Kier molecular flexibility index (Phi) is 4.99. The molecule has 0 aliphatic carbocycles. The summed E-state index contributed by atoms with van der Waals surface area (Å²) in [6, 6.07) is 14.2. The summed E-state index contributed by atoms with van der Waals surface area (Å²) in [5.41, 5.74) is 1.86. The van der Waals surface area contributed by atoms with Gasteiger partial charge in [-0.2, -0.15) is 0 Å². The van der Waals surface area contributed by atoms with E-state index in [1.165, 1.54) is 6.92 Å². The zero-order chi connectivity index (χ0) is 18.0. The number of Topliss-reactive ketones (excluding diaryl/α,β-unsaturated/α-hetero) is 1. The molecule has 0 bridgehead atoms. The van der Waals surface area contributed by atoms with Crippen LogP contribution in [-0.2, 0) is 9.59 Å². The van der Waals surface area contributed by atoms with E-state index < -0.39 is 5.92 Å². The van der Waals surface area contributed by atoms with Crippen LogP contribution in [0.5, 0.6) is 0 Å². The minimum absolute atomic E-state index is 0.0627. The van der Waals surface area contributed by atoms with Gasteiger partial charge in [-0.15, -0.1) is 0 Å². The monoisotopic (exact) mass is 400 g/mol. The Morgan fingerprint density at radius 3 is 2.64 bits per heavy atom. The van der Waals surface area contributed by atoms with Gasteiger partial charge in [0, 0.05) is 28.7 Å². The maximum absolute atomic E-state index is 12.5. The third-order valence-electron chi connectivity index (χ3n) is 4.18. The number of nitrogens with one attached hydrogen (secondary N) is 1. The molecule has 2 amide bonds. The van der Waals surface area contributed by atoms with Gasteiger partial charge in [0.05, 0.1) is 11.6 Å². The number of carbonyl (C=O) groups excluding carboxylic acids is 3. The first-order valence-corrected chi connectivity index (χ1v) is 8.72. The first-order chi connectivity index (χ1) is 12.0. The van der Waals surface area contributed by atoms with Crippen LogP contribution >= 0.6 is 15.9 Å². The Balaban J connectivity index is 1.72. The number of amides is 2. The Hall–Kier alpha value is -2.47. The lowest BCUT2D eigenvalue weighted by Gasteiger charge is -2.18. The molecule has 1 N–H and O–H groups in total. The fourth-order valence-electron chi connectivity index (χ4n) is 2.85. The third kappa shape index (κ3) is 3.79. The zero-order valence-corrected chi connectivity index (χ0v) is 15.2. The highest BCUT2D eigenvalue weighted by Gasteiger charge is 2.35. The summed E-state index contributed by atoms with van der Waals surface area (Å²) >= 11 is 3.44. The van der Waals surface area contributed by atoms with Crippen LogP contribution < -0.4 is 10.2 Å². The molecule has 0 aromatic heterocycles. The second kappa shape index (κ2) is 7.19. The predicted octanol–water partition coefficient (Wildman–Crippen LogP) is 3.64. The second-order valence-corrected chi connectivity index (χ2v) is 6.84. The number of hydrogen-bond donors (Lipinski definition) is 1. The van der Waals surface area contributed by atoms with Gasteiger partial charge in [0.25, 0.3) is 0 Å². The third-order valence-corrected chi connectivity index (χ3v) is 4.85. The minimum Gasteiger partial charge on any atom is -0.326 e. The molecule has 1 aliphatic rings. The van der Waals surface area contributed by atoms with E-state index in [-0.39, 0.29) is 24.0 Å². The molecule has 1 aliphatic heterocycles. The van der Waals surface area contributed by atoms with Crippen LogP contribution in [0.3, 0.4) is 0 Å². The van der Waals surface area contributed by atoms with Crippen LogP contribution in [0.2, 0.25) is 0 Å². The minimum atomic E-state index is -0.430. The quantitative estimate of drug-likeness (QED) is 0.796. The van der Waals surface area contributed by atoms with Crippen LogP contribution in [0.25, 0.3) is 0 Å². The highest BCUT2D eigenvalue weighted by molar-refractivity contribution is 9.10. The van der Waals surface area contributed by atoms with Crippen LogP contribution in [0.15, 0.2) is 53.0 Å². The molecular weight excluding hydrogens is 384 g/mol. The Morgan fingerprint density at radius 1 is 1.16 bits per heavy atom. The van der Waals surface area contributed by atoms with E-state index >= 15 is 0 Å². The number of hydrogen-bond acceptors (Lipinski definition) is 3. The first-order valence-electron chi connectivity index (χ1n) is 7.92. The Morgan fingerprint density at radius 2 is 1.92 bits per heavy atom. The van der Waals surface area contributed by atoms with Crippen LogP contribution in [0.1, 0.15) is 23.7 Å². The van der Waals surface area contributed by atoms with E-state index in [1.54, 1.807) is 29.2 Å². The second-order valence-electron chi connectivity index (χ2n) is 5.98. The fourth-order valence-corrected chi connectivity index (χ4v) is 3.35. The first kappa shape index (κ1) is 17.4. The van der Waals surface area contributed by atoms with Gasteiger partial charge in [0.15, 0.2) is 5.78 Å². The van der Waals surface area contributed by atoms with Crippen molar-refractivity contribution in [2.45, 2.75) is 13.3 Å². The van der Waals surface area contributed by atoms with Gasteiger partial charge in [-0.1, -0.05) is 24.3 Å². The fraction of sp³-hybridized carbons (Fsp3) is 0.211. The Bertz CT molecular complexity index is 850. The lowest BCUT2D eigenvalue weighted by atomic mass is 10.1. The number of halogens is 1. The maximum atomic E-state index is 12.5. The molecule has 0 saturated carbocycles. The van der Waals surface area contributed by atoms with Crippen LogP contribution in [0, 0.1) is 5.92 Å². The average Bonchev–Trinajstić information content (AvgIpc) is 2.97. The molecule has 1 atom stereocenters. The van der Waals surface area contributed by atoms with Crippen molar-refractivity contribution in [1.82, 2.24) is 0 Å². The molecule has 25 heavy (non-hydrogen) atoms. The molecular formula is C19H17BrN2O3. The molecule has 6 heteroatoms. The number of anilines is 2. The molecule has 1 saturated heterocycles. The van der Waals surface area contributed by atoms with Gasteiger partial charge in [0.1, 0.15) is 0 Å². The van der Waals surface area contributed by atoms with Crippen LogP contribution in [-0.4, -0.2) is 24.1 Å². The van der Waals surface area contributed by atoms with Crippen molar-refractivity contribution >= 4 is 44.9 Å². The standard InChI is InChI=1S/C19H17BrN2O3/c1-12(23)13-5-4-6-15(9-13)21-19(25)14-10-18(24)22(11-14)17-8-3-2-7-16(17)20/h2-9,14H,10-11H2,1H3,(H,21,25)/t14-/m0/s1. The molecule has 1 heterocycles. The van der Waals surface area contributed by atoms with E-state index in [2.05, 4.69) is 21.2 Å². The van der Waals surface area contributed by atoms with Crippen LogP contribution in [0.4, 0.5) is 11.4 Å². The van der Waals surface area contributed by atoms with Crippen molar-refractivity contribution in [3.05, 3.63) is 58.6 Å². The van der Waals surface area contributed by atoms with Gasteiger partial charge < -0.3 is 10.2 Å². The van der Waals surface area contributed by atoms with Gasteiger partial charge in [0.2, 0.25) is 11.8 Å². The van der Waals surface area contributed by atoms with Crippen molar-refractivity contribution in [3.63, 3.8) is 0 Å². The molecule has 2 aromatic carbocycles. The van der Waals surface area contributed by atoms with E-state index in [9.17, 15) is 14.4 Å². The average molecular weight is 401 g/mol. The summed E-state index contributed by atoms with van der Waals surface area (Å²) in [6.07, 6.45) is 0.166. The lowest BCUT2D eigenvalue weighted by molar-refractivity contribution is -0.122. The summed E-state index contributed by atoms with van der Waals surface area (Å²) in [4.78, 5) is 37.9. The number of ketones is 1. The molecule has 2 aromatic rings. The molecule has 0 spiro atoms. The molecule has 0 radical (unpaired) electrons. The lowest BCUT2D eigenvalue weighted by Crippen LogP contribution is -2.28. The number of benzene rings is 2. The number of nitrogens with zero attached hydrogens (tertiary/aromatic N) is 1. The van der Waals surface area contributed by atoms with Gasteiger partial charge in [-0.3, -0.25) is 14.4 Å². The van der Waals surface area contributed by atoms with E-state index in [0.29, 0.717) is 17.8 Å². The van der Waals surface area contributed by atoms with Gasteiger partial charge >= 0.3 is 0 Å². The van der Waals surface area contributed by atoms with E-state index in [4.69, 9.17) is 0 Å². The summed E-state index contributed by atoms with van der Waals surface area (Å²) in [6.45, 7) is 1.81. The summed E-state index contributed by atoms with van der Waals surface area (Å²) in [5.74, 6) is -0.791. The number of para-hydroxylation sites is 1. The van der Waals surface area contributed by atoms with E-state index in [0.717, 1.165) is 10.2 Å². The zero-order valence-electron chi connectivity index (χ0n) is 13.7. The number of rotatable bonds is 4. The van der Waals surface area contributed by atoms with Crippen molar-refractivity contribution in [3.8, 4) is 0 Å². The molecule has 0 unspecified atom stereocenters. The maximum Gasteiger partial charge on any atom is 0.229 e. The highest BCUT2D eigenvalue weighted by Crippen LogP contribution is 2.31. The molecule has 5 nitrogen and oxygen atoms in total. The van der Waals surface area contributed by atoms with Crippen molar-refractivity contribution < 1.29 is 14.4 Å². The normalized spacial score (nSPS) is 16.8. The largest absolute Gasteiger partial charge is 0.326 e. The van der Waals surface area contributed by atoms with Crippen molar-refractivity contribution in [1.29, 1.82) is 0 Å². The summed E-state index contributed by atoms with van der Waals surface area (Å²) < 4.78 is 0.818. The number of carbonyl (C=O) groups is 3. The summed E-state index contributed by atoms with van der Waals surface area (Å²) in [7, 11) is 0. The highest BCUT2D eigenvalue weighted by atomic mass is 79.9. The van der Waals surface area contributed by atoms with Crippen molar-refractivity contribution in [2.75, 3.05) is 16.8 Å². The molecule has 1 fully saturated rings. The van der Waals surface area contributed by atoms with Gasteiger partial charge in [-0.25, -0.2) is 0 Å². The Labute approximate surface area is 154 Å². The van der Waals surface area contributed by atoms with Crippen molar-refractivity contribution in [2.24, 2.45) is 5.92 Å². The van der Waals surface area contributed by atoms with Gasteiger partial charge in [-0.05, 0) is 47.1 Å². The van der Waals surface area contributed by atoms with E-state index in [1.807, 2.05) is 24.3 Å². The smallest absolute Gasteiger partial charge is 0.229 e.